The van der Waals surface area contributed by atoms with Gasteiger partial charge in [0.2, 0.25) is 0 Å². The molecule has 0 amide bonds. The average Bonchev–Trinajstić information content (AvgIpc) is 2.22. The monoisotopic (exact) mass is 205 g/mol. The molecule has 0 saturated carbocycles. The molecule has 0 bridgehead atoms. The summed E-state index contributed by atoms with van der Waals surface area (Å²) in [5.74, 6) is -0.138. The zero-order chi connectivity index (χ0) is 10.8. The fourth-order valence-corrected chi connectivity index (χ4v) is 2.39. The molecule has 3 heteroatoms. The highest BCUT2D eigenvalue weighted by molar-refractivity contribution is 5.68. The van der Waals surface area contributed by atoms with Crippen LogP contribution in [0.3, 0.4) is 0 Å². The lowest BCUT2D eigenvalue weighted by molar-refractivity contribution is -0.137. The first-order valence-corrected chi connectivity index (χ1v) is 5.33. The molecular formula is C12H15NO2. The molecule has 0 saturated heterocycles. The normalized spacial score (nSPS) is 24.6. The second-order valence-corrected chi connectivity index (χ2v) is 4.29. The van der Waals surface area contributed by atoms with Gasteiger partial charge in [-0.05, 0) is 41.9 Å². The zero-order valence-corrected chi connectivity index (χ0v) is 8.81. The minimum absolute atomic E-state index is 0.139. The Labute approximate surface area is 89.2 Å². The lowest BCUT2D eigenvalue weighted by Crippen LogP contribution is -2.21. The number of hydrogen-bond acceptors (Lipinski definition) is 2. The van der Waals surface area contributed by atoms with Gasteiger partial charge in [-0.3, -0.25) is 9.78 Å². The van der Waals surface area contributed by atoms with Crippen molar-refractivity contribution in [2.45, 2.75) is 32.1 Å². The molecule has 0 fully saturated rings. The van der Waals surface area contributed by atoms with E-state index in [4.69, 9.17) is 5.11 Å². The van der Waals surface area contributed by atoms with E-state index in [0.29, 0.717) is 5.92 Å². The van der Waals surface area contributed by atoms with E-state index in [1.807, 2.05) is 12.3 Å². The topological polar surface area (TPSA) is 50.2 Å². The first-order valence-electron chi connectivity index (χ1n) is 5.33. The summed E-state index contributed by atoms with van der Waals surface area (Å²) in [5, 5.41) is 8.89. The van der Waals surface area contributed by atoms with Crippen molar-refractivity contribution in [3.63, 3.8) is 0 Å². The quantitative estimate of drug-likeness (QED) is 0.805. The molecule has 1 N–H and O–H groups in total. The van der Waals surface area contributed by atoms with Crippen molar-refractivity contribution < 1.29 is 9.90 Å². The number of aliphatic carboxylic acids is 1. The van der Waals surface area contributed by atoms with Crippen LogP contribution in [0.2, 0.25) is 0 Å². The second kappa shape index (κ2) is 4.01. The Morgan fingerprint density at radius 3 is 3.20 bits per heavy atom. The van der Waals surface area contributed by atoms with Gasteiger partial charge < -0.3 is 5.11 Å². The molecule has 1 aromatic rings. The van der Waals surface area contributed by atoms with E-state index in [1.165, 1.54) is 5.56 Å². The lowest BCUT2D eigenvalue weighted by atomic mass is 9.75. The molecule has 3 nitrogen and oxygen atoms in total. The first kappa shape index (κ1) is 10.1. The largest absolute Gasteiger partial charge is 0.481 e. The molecule has 0 spiro atoms. The highest BCUT2D eigenvalue weighted by Gasteiger charge is 2.28. The van der Waals surface area contributed by atoms with Gasteiger partial charge in [-0.25, -0.2) is 0 Å². The van der Waals surface area contributed by atoms with Gasteiger partial charge in [0.15, 0.2) is 0 Å². The number of carbonyl (C=O) groups is 1. The number of hydrogen-bond donors (Lipinski definition) is 1. The third-order valence-corrected chi connectivity index (χ3v) is 3.30. The summed E-state index contributed by atoms with van der Waals surface area (Å²) in [6.07, 6.45) is 5.97. The predicted octanol–water partition coefficient (Wildman–Crippen LogP) is 2.22. The average molecular weight is 205 g/mol. The SMILES string of the molecule is CC1CCc2ccncc2C1CC(=O)O. The number of aromatic nitrogens is 1. The number of nitrogens with zero attached hydrogens (tertiary/aromatic N) is 1. The fraction of sp³-hybridized carbons (Fsp3) is 0.500. The molecule has 0 aromatic carbocycles. The van der Waals surface area contributed by atoms with E-state index in [1.54, 1.807) is 6.20 Å². The van der Waals surface area contributed by atoms with E-state index in [0.717, 1.165) is 18.4 Å². The summed E-state index contributed by atoms with van der Waals surface area (Å²) in [7, 11) is 0. The molecule has 2 rings (SSSR count). The minimum Gasteiger partial charge on any atom is -0.481 e. The highest BCUT2D eigenvalue weighted by Crippen LogP contribution is 2.37. The van der Waals surface area contributed by atoms with Crippen LogP contribution in [-0.4, -0.2) is 16.1 Å². The number of aryl methyl sites for hydroxylation is 1. The summed E-state index contributed by atoms with van der Waals surface area (Å²) in [4.78, 5) is 14.9. The van der Waals surface area contributed by atoms with Crippen LogP contribution in [0.5, 0.6) is 0 Å². The number of fused-ring (bicyclic) bond motifs is 1. The molecule has 80 valence electrons. The minimum atomic E-state index is -0.719. The second-order valence-electron chi connectivity index (χ2n) is 4.29. The standard InChI is InChI=1S/C12H15NO2/c1-8-2-3-9-4-5-13-7-11(9)10(8)6-12(14)15/h4-5,7-8,10H,2-3,6H2,1H3,(H,14,15). The van der Waals surface area contributed by atoms with Gasteiger partial charge in [0.25, 0.3) is 0 Å². The van der Waals surface area contributed by atoms with Crippen molar-refractivity contribution in [3.8, 4) is 0 Å². The highest BCUT2D eigenvalue weighted by atomic mass is 16.4. The molecule has 15 heavy (non-hydrogen) atoms. The smallest absolute Gasteiger partial charge is 0.303 e. The van der Waals surface area contributed by atoms with Gasteiger partial charge in [-0.15, -0.1) is 0 Å². The third kappa shape index (κ3) is 2.01. The van der Waals surface area contributed by atoms with Gasteiger partial charge in [-0.2, -0.15) is 0 Å². The Kier molecular flexibility index (Phi) is 2.71. The lowest BCUT2D eigenvalue weighted by Gasteiger charge is -2.29. The third-order valence-electron chi connectivity index (χ3n) is 3.30. The molecule has 1 heterocycles. The Balaban J connectivity index is 2.32. The van der Waals surface area contributed by atoms with Crippen molar-refractivity contribution in [3.05, 3.63) is 29.6 Å². The summed E-state index contributed by atoms with van der Waals surface area (Å²) in [5.41, 5.74) is 2.41. The van der Waals surface area contributed by atoms with Crippen LogP contribution < -0.4 is 0 Å². The summed E-state index contributed by atoms with van der Waals surface area (Å²) < 4.78 is 0. The van der Waals surface area contributed by atoms with Crippen LogP contribution in [-0.2, 0) is 11.2 Å². The van der Waals surface area contributed by atoms with Crippen molar-refractivity contribution in [2.24, 2.45) is 5.92 Å². The number of carboxylic acids is 1. The maximum Gasteiger partial charge on any atom is 0.303 e. The van der Waals surface area contributed by atoms with Crippen LogP contribution in [0, 0.1) is 5.92 Å². The number of pyridine rings is 1. The molecule has 1 aliphatic rings. The number of rotatable bonds is 2. The van der Waals surface area contributed by atoms with E-state index >= 15 is 0 Å². The molecule has 2 atom stereocenters. The van der Waals surface area contributed by atoms with Gasteiger partial charge in [0.05, 0.1) is 6.42 Å². The van der Waals surface area contributed by atoms with Crippen molar-refractivity contribution in [1.82, 2.24) is 4.98 Å². The fourth-order valence-electron chi connectivity index (χ4n) is 2.39. The maximum absolute atomic E-state index is 10.8. The number of carboxylic acid groups (broad SMARTS) is 1. The molecular weight excluding hydrogens is 190 g/mol. The Morgan fingerprint density at radius 2 is 2.47 bits per heavy atom. The van der Waals surface area contributed by atoms with E-state index in [9.17, 15) is 4.79 Å². The van der Waals surface area contributed by atoms with E-state index < -0.39 is 5.97 Å². The predicted molar refractivity (Wildman–Crippen MR) is 56.7 cm³/mol. The first-order chi connectivity index (χ1) is 7.18. The van der Waals surface area contributed by atoms with Crippen LogP contribution in [0.4, 0.5) is 0 Å². The van der Waals surface area contributed by atoms with Crippen LogP contribution >= 0.6 is 0 Å². The molecule has 2 unspecified atom stereocenters. The van der Waals surface area contributed by atoms with Crippen LogP contribution in [0.25, 0.3) is 0 Å². The Bertz CT molecular complexity index is 376. The molecule has 0 aliphatic heterocycles. The van der Waals surface area contributed by atoms with Crippen LogP contribution in [0.1, 0.15) is 36.8 Å². The van der Waals surface area contributed by atoms with Crippen LogP contribution in [0.15, 0.2) is 18.5 Å². The van der Waals surface area contributed by atoms with Crippen molar-refractivity contribution in [1.29, 1.82) is 0 Å². The maximum atomic E-state index is 10.8. The summed E-state index contributed by atoms with van der Waals surface area (Å²) in [6, 6.07) is 2.01. The van der Waals surface area contributed by atoms with Gasteiger partial charge in [0, 0.05) is 12.4 Å². The van der Waals surface area contributed by atoms with E-state index in [2.05, 4.69) is 11.9 Å². The Hall–Kier alpha value is -1.38. The zero-order valence-electron chi connectivity index (χ0n) is 8.81. The molecule has 1 aliphatic carbocycles. The van der Waals surface area contributed by atoms with Gasteiger partial charge in [0.1, 0.15) is 0 Å². The van der Waals surface area contributed by atoms with Crippen molar-refractivity contribution >= 4 is 5.97 Å². The van der Waals surface area contributed by atoms with E-state index in [-0.39, 0.29) is 12.3 Å². The van der Waals surface area contributed by atoms with Gasteiger partial charge in [-0.1, -0.05) is 6.92 Å². The molecule has 1 aromatic heterocycles. The Morgan fingerprint density at radius 1 is 1.67 bits per heavy atom. The summed E-state index contributed by atoms with van der Waals surface area (Å²) in [6.45, 7) is 2.13. The van der Waals surface area contributed by atoms with Crippen molar-refractivity contribution in [2.75, 3.05) is 0 Å². The molecule has 0 radical (unpaired) electrons. The summed E-state index contributed by atoms with van der Waals surface area (Å²) >= 11 is 0. The van der Waals surface area contributed by atoms with Gasteiger partial charge >= 0.3 is 5.97 Å².